The average molecular weight is 277 g/mol. The minimum Gasteiger partial charge on any atom is -0.478 e. The van der Waals surface area contributed by atoms with Gasteiger partial charge in [0.1, 0.15) is 17.7 Å². The van der Waals surface area contributed by atoms with E-state index in [4.69, 9.17) is 15.6 Å². The van der Waals surface area contributed by atoms with Gasteiger partial charge in [-0.1, -0.05) is 15.9 Å². The molecule has 1 rings (SSSR count). The first-order valence-electron chi connectivity index (χ1n) is 4.13. The Morgan fingerprint density at radius 1 is 1.38 bits per heavy atom. The molecule has 0 aliphatic rings. The van der Waals surface area contributed by atoms with Crippen molar-refractivity contribution in [3.8, 4) is 12.1 Å². The van der Waals surface area contributed by atoms with Gasteiger partial charge in [-0.2, -0.15) is 10.5 Å². The van der Waals surface area contributed by atoms with Crippen LogP contribution in [0.4, 0.5) is 0 Å². The summed E-state index contributed by atoms with van der Waals surface area (Å²) in [6, 6.07) is 7.80. The van der Waals surface area contributed by atoms with E-state index in [-0.39, 0.29) is 11.1 Å². The Kier molecular flexibility index (Phi) is 3.82. The Bertz CT molecular complexity index is 534. The van der Waals surface area contributed by atoms with Gasteiger partial charge in [0, 0.05) is 4.47 Å². The third kappa shape index (κ3) is 2.69. The van der Waals surface area contributed by atoms with Gasteiger partial charge in [0.15, 0.2) is 0 Å². The molecule has 0 fully saturated rings. The second-order valence-electron chi connectivity index (χ2n) is 2.82. The molecule has 0 amide bonds. The quantitative estimate of drug-likeness (QED) is 0.842. The number of hydrogen-bond donors (Lipinski definition) is 1. The van der Waals surface area contributed by atoms with Crippen molar-refractivity contribution < 1.29 is 9.90 Å². The lowest BCUT2D eigenvalue weighted by atomic mass is 10.1. The van der Waals surface area contributed by atoms with Crippen LogP contribution in [0.3, 0.4) is 0 Å². The van der Waals surface area contributed by atoms with Crippen LogP contribution in [0.25, 0.3) is 6.08 Å². The summed E-state index contributed by atoms with van der Waals surface area (Å²) in [5.74, 6) is -1.06. The molecule has 0 aromatic heterocycles. The van der Waals surface area contributed by atoms with Crippen LogP contribution in [0.15, 0.2) is 28.2 Å². The van der Waals surface area contributed by atoms with E-state index >= 15 is 0 Å². The van der Waals surface area contributed by atoms with E-state index in [1.807, 2.05) is 0 Å². The normalized spacial score (nSPS) is 8.69. The average Bonchev–Trinajstić information content (AvgIpc) is 2.27. The summed E-state index contributed by atoms with van der Waals surface area (Å²) in [5, 5.41) is 26.0. The molecular weight excluding hydrogens is 272 g/mol. The fourth-order valence-electron chi connectivity index (χ4n) is 1.03. The Hall–Kier alpha value is -2.11. The van der Waals surface area contributed by atoms with E-state index in [2.05, 4.69) is 15.9 Å². The SMILES string of the molecule is N#CC(C#N)=Cc1cc(C(=O)O)ccc1Br. The van der Waals surface area contributed by atoms with E-state index in [1.165, 1.54) is 18.2 Å². The molecule has 1 aromatic rings. The van der Waals surface area contributed by atoms with E-state index in [1.54, 1.807) is 18.2 Å². The van der Waals surface area contributed by atoms with Crippen molar-refractivity contribution in [3.05, 3.63) is 39.4 Å². The molecule has 5 heteroatoms. The molecule has 0 spiro atoms. The highest BCUT2D eigenvalue weighted by Gasteiger charge is 2.06. The van der Waals surface area contributed by atoms with Crippen molar-refractivity contribution in [1.82, 2.24) is 0 Å². The van der Waals surface area contributed by atoms with Gasteiger partial charge in [-0.3, -0.25) is 0 Å². The summed E-state index contributed by atoms with van der Waals surface area (Å²) >= 11 is 3.21. The zero-order valence-corrected chi connectivity index (χ0v) is 9.52. The molecule has 0 bridgehead atoms. The van der Waals surface area contributed by atoms with Gasteiger partial charge < -0.3 is 5.11 Å². The van der Waals surface area contributed by atoms with Crippen LogP contribution < -0.4 is 0 Å². The summed E-state index contributed by atoms with van der Waals surface area (Å²) in [6.45, 7) is 0. The Labute approximate surface area is 100 Å². The lowest BCUT2D eigenvalue weighted by molar-refractivity contribution is 0.0697. The molecule has 4 nitrogen and oxygen atoms in total. The molecule has 1 aromatic carbocycles. The molecule has 0 saturated carbocycles. The van der Waals surface area contributed by atoms with E-state index < -0.39 is 5.97 Å². The molecule has 0 aliphatic heterocycles. The predicted octanol–water partition coefficient (Wildman–Crippen LogP) is 2.58. The standard InChI is InChI=1S/C11H5BrN2O2/c12-10-2-1-8(11(15)16)4-9(10)3-7(5-13)6-14/h1-4H,(H,15,16). The minimum absolute atomic E-state index is 0.0803. The maximum atomic E-state index is 10.7. The molecular formula is C11H5BrN2O2. The van der Waals surface area contributed by atoms with Gasteiger partial charge in [-0.05, 0) is 29.8 Å². The van der Waals surface area contributed by atoms with Crippen LogP contribution >= 0.6 is 15.9 Å². The largest absolute Gasteiger partial charge is 0.478 e. The zero-order valence-electron chi connectivity index (χ0n) is 7.94. The number of rotatable bonds is 2. The highest BCUT2D eigenvalue weighted by atomic mass is 79.9. The van der Waals surface area contributed by atoms with Crippen molar-refractivity contribution in [1.29, 1.82) is 10.5 Å². The van der Waals surface area contributed by atoms with Gasteiger partial charge in [0.25, 0.3) is 0 Å². The first-order valence-corrected chi connectivity index (χ1v) is 4.92. The fraction of sp³-hybridized carbons (Fsp3) is 0. The Morgan fingerprint density at radius 2 is 2.00 bits per heavy atom. The van der Waals surface area contributed by atoms with Crippen molar-refractivity contribution in [3.63, 3.8) is 0 Å². The van der Waals surface area contributed by atoms with Gasteiger partial charge in [-0.15, -0.1) is 0 Å². The van der Waals surface area contributed by atoms with Crippen LogP contribution in [0.1, 0.15) is 15.9 Å². The van der Waals surface area contributed by atoms with Gasteiger partial charge >= 0.3 is 5.97 Å². The summed E-state index contributed by atoms with van der Waals surface area (Å²) in [7, 11) is 0. The highest BCUT2D eigenvalue weighted by molar-refractivity contribution is 9.10. The lowest BCUT2D eigenvalue weighted by Gasteiger charge is -2.00. The lowest BCUT2D eigenvalue weighted by Crippen LogP contribution is -1.96. The second-order valence-corrected chi connectivity index (χ2v) is 3.68. The number of benzene rings is 1. The van der Waals surface area contributed by atoms with Crippen molar-refractivity contribution >= 4 is 28.0 Å². The molecule has 0 aliphatic carbocycles. The number of nitrogens with zero attached hydrogens (tertiary/aromatic N) is 2. The maximum absolute atomic E-state index is 10.7. The van der Waals surface area contributed by atoms with Crippen molar-refractivity contribution in [2.45, 2.75) is 0 Å². The van der Waals surface area contributed by atoms with Crippen LogP contribution in [0, 0.1) is 22.7 Å². The summed E-state index contributed by atoms with van der Waals surface area (Å²) in [6.07, 6.45) is 1.33. The third-order valence-corrected chi connectivity index (χ3v) is 2.51. The number of hydrogen-bond acceptors (Lipinski definition) is 3. The molecule has 0 atom stereocenters. The van der Waals surface area contributed by atoms with Crippen molar-refractivity contribution in [2.75, 3.05) is 0 Å². The molecule has 78 valence electrons. The van der Waals surface area contributed by atoms with Crippen molar-refractivity contribution in [2.24, 2.45) is 0 Å². The van der Waals surface area contributed by atoms with Crippen LogP contribution in [0.5, 0.6) is 0 Å². The van der Waals surface area contributed by atoms with E-state index in [0.717, 1.165) is 0 Å². The van der Waals surface area contributed by atoms with E-state index in [0.29, 0.717) is 10.0 Å². The summed E-state index contributed by atoms with van der Waals surface area (Å²) in [5.41, 5.74) is 0.505. The molecule has 16 heavy (non-hydrogen) atoms. The first kappa shape index (κ1) is 12.0. The Morgan fingerprint density at radius 3 is 2.50 bits per heavy atom. The van der Waals surface area contributed by atoms with Gasteiger partial charge in [0.05, 0.1) is 5.56 Å². The number of carboxylic acids is 1. The third-order valence-electron chi connectivity index (χ3n) is 1.78. The Balaban J connectivity index is 3.30. The molecule has 0 saturated heterocycles. The molecule has 0 radical (unpaired) electrons. The van der Waals surface area contributed by atoms with Crippen LogP contribution in [-0.4, -0.2) is 11.1 Å². The van der Waals surface area contributed by atoms with Gasteiger partial charge in [0.2, 0.25) is 0 Å². The zero-order chi connectivity index (χ0) is 12.1. The first-order chi connectivity index (χ1) is 7.58. The molecule has 0 unspecified atom stereocenters. The predicted molar refractivity (Wildman–Crippen MR) is 60.3 cm³/mol. The fourth-order valence-corrected chi connectivity index (χ4v) is 1.39. The molecule has 0 heterocycles. The highest BCUT2D eigenvalue weighted by Crippen LogP contribution is 2.21. The monoisotopic (exact) mass is 276 g/mol. The number of carboxylic acid groups (broad SMARTS) is 1. The molecule has 1 N–H and O–H groups in total. The number of nitriles is 2. The number of halogens is 1. The maximum Gasteiger partial charge on any atom is 0.335 e. The number of carbonyl (C=O) groups is 1. The smallest absolute Gasteiger partial charge is 0.335 e. The van der Waals surface area contributed by atoms with E-state index in [9.17, 15) is 4.79 Å². The number of allylic oxidation sites excluding steroid dienone is 1. The summed E-state index contributed by atoms with van der Waals surface area (Å²) < 4.78 is 0.625. The number of aromatic carboxylic acids is 1. The second kappa shape index (κ2) is 5.11. The summed E-state index contributed by atoms with van der Waals surface area (Å²) in [4.78, 5) is 10.7. The topological polar surface area (TPSA) is 84.9 Å². The van der Waals surface area contributed by atoms with Crippen LogP contribution in [-0.2, 0) is 0 Å². The van der Waals surface area contributed by atoms with Crippen LogP contribution in [0.2, 0.25) is 0 Å². The van der Waals surface area contributed by atoms with Gasteiger partial charge in [-0.25, -0.2) is 4.79 Å². The minimum atomic E-state index is -1.06.